The van der Waals surface area contributed by atoms with Gasteiger partial charge < -0.3 is 14.9 Å². The van der Waals surface area contributed by atoms with E-state index in [0.29, 0.717) is 11.3 Å². The maximum atomic E-state index is 11.5. The number of pyridine rings is 2. The van der Waals surface area contributed by atoms with Gasteiger partial charge in [-0.05, 0) is 31.5 Å². The Bertz CT molecular complexity index is 1300. The zero-order chi connectivity index (χ0) is 20.7. The molecule has 1 atom stereocenters. The lowest BCUT2D eigenvalue weighted by atomic mass is 10.0. The van der Waals surface area contributed by atoms with Crippen molar-refractivity contribution in [2.45, 2.75) is 26.4 Å². The van der Waals surface area contributed by atoms with E-state index in [0.717, 1.165) is 47.0 Å². The van der Waals surface area contributed by atoms with Gasteiger partial charge in [-0.3, -0.25) is 9.79 Å². The fourth-order valence-electron chi connectivity index (χ4n) is 3.93. The van der Waals surface area contributed by atoms with E-state index in [1.165, 1.54) is 0 Å². The summed E-state index contributed by atoms with van der Waals surface area (Å²) in [5.41, 5.74) is 4.52. The van der Waals surface area contributed by atoms with Crippen molar-refractivity contribution in [2.75, 3.05) is 11.9 Å². The van der Waals surface area contributed by atoms with E-state index in [1.807, 2.05) is 31.2 Å². The molecule has 0 saturated heterocycles. The molecule has 2 N–H and O–H groups in total. The number of anilines is 1. The van der Waals surface area contributed by atoms with Crippen molar-refractivity contribution in [3.05, 3.63) is 82.0 Å². The van der Waals surface area contributed by atoms with E-state index in [-0.39, 0.29) is 11.6 Å². The predicted molar refractivity (Wildman–Crippen MR) is 116 cm³/mol. The molecule has 2 aromatic rings. The second kappa shape index (κ2) is 7.26. The summed E-state index contributed by atoms with van der Waals surface area (Å²) in [6.45, 7) is 5.61. The average molecular weight is 398 g/mol. The van der Waals surface area contributed by atoms with Crippen LogP contribution in [0.15, 0.2) is 64.5 Å². The molecule has 150 valence electrons. The van der Waals surface area contributed by atoms with E-state index in [1.54, 1.807) is 12.3 Å². The number of aromatic amines is 1. The van der Waals surface area contributed by atoms with Gasteiger partial charge in [0.25, 0.3) is 0 Å². The second-order valence-corrected chi connectivity index (χ2v) is 7.47. The standard InChI is InChI=1S/C23H22N6O/c1-14(16-6-4-3-5-7-16)26-21-19-12-18(17-8-9-20(30)25-13-17)22-24-10-11-29(22)23(19)28-15(2)27-21/h3-9,12-14,24H,10-11H2,1-2H3,(H,25,30). The Hall–Kier alpha value is -3.74. The average Bonchev–Trinajstić information content (AvgIpc) is 3.25. The first-order valence-electron chi connectivity index (χ1n) is 10.0. The first-order chi connectivity index (χ1) is 14.6. The van der Waals surface area contributed by atoms with Crippen LogP contribution < -0.4 is 16.4 Å². The Morgan fingerprint density at radius 2 is 1.93 bits per heavy atom. The summed E-state index contributed by atoms with van der Waals surface area (Å²) < 4.78 is 2.18. The summed E-state index contributed by atoms with van der Waals surface area (Å²) in [6.07, 6.45) is 1.74. The first kappa shape index (κ1) is 18.3. The number of nitrogens with one attached hydrogen (secondary N) is 2. The number of aromatic nitrogens is 4. The van der Waals surface area contributed by atoms with Gasteiger partial charge >= 0.3 is 0 Å². The highest BCUT2D eigenvalue weighted by Gasteiger charge is 2.24. The van der Waals surface area contributed by atoms with Crippen LogP contribution in [-0.4, -0.2) is 26.1 Å². The van der Waals surface area contributed by atoms with Gasteiger partial charge in [0, 0.05) is 36.5 Å². The van der Waals surface area contributed by atoms with Crippen molar-refractivity contribution in [1.29, 1.82) is 0 Å². The van der Waals surface area contributed by atoms with Crippen molar-refractivity contribution in [3.63, 3.8) is 0 Å². The molecule has 0 amide bonds. The molecule has 0 radical (unpaired) electrons. The van der Waals surface area contributed by atoms with Crippen LogP contribution in [0.3, 0.4) is 0 Å². The largest absolute Gasteiger partial charge is 0.369 e. The third kappa shape index (κ3) is 3.18. The number of benzene rings is 1. The maximum absolute atomic E-state index is 11.5. The SMILES string of the molecule is Cc1nc2n3c(c(-c4ccc(=O)[nH]c4)cc-2c(=NC(C)c2ccccc2)n1)NCC3. The highest BCUT2D eigenvalue weighted by molar-refractivity contribution is 5.81. The molecule has 1 aromatic carbocycles. The van der Waals surface area contributed by atoms with Crippen LogP contribution in [-0.2, 0) is 6.54 Å². The Morgan fingerprint density at radius 3 is 2.70 bits per heavy atom. The monoisotopic (exact) mass is 398 g/mol. The minimum atomic E-state index is -0.122. The Labute approximate surface area is 173 Å². The van der Waals surface area contributed by atoms with Gasteiger partial charge in [0.05, 0.1) is 11.6 Å². The van der Waals surface area contributed by atoms with Gasteiger partial charge in [-0.15, -0.1) is 0 Å². The minimum absolute atomic E-state index is 0.0309. The lowest BCUT2D eigenvalue weighted by Gasteiger charge is -2.18. The number of aryl methyl sites for hydroxylation is 1. The molecule has 5 rings (SSSR count). The van der Waals surface area contributed by atoms with Gasteiger partial charge in [0.1, 0.15) is 17.5 Å². The summed E-state index contributed by atoms with van der Waals surface area (Å²) >= 11 is 0. The maximum Gasteiger partial charge on any atom is 0.247 e. The molecule has 1 unspecified atom stereocenters. The van der Waals surface area contributed by atoms with E-state index in [4.69, 9.17) is 9.98 Å². The van der Waals surface area contributed by atoms with Gasteiger partial charge in [-0.2, -0.15) is 0 Å². The summed E-state index contributed by atoms with van der Waals surface area (Å²) in [6, 6.07) is 15.6. The van der Waals surface area contributed by atoms with Crippen LogP contribution in [0.2, 0.25) is 0 Å². The molecule has 0 saturated carbocycles. The van der Waals surface area contributed by atoms with Crippen molar-refractivity contribution in [2.24, 2.45) is 4.99 Å². The fourth-order valence-corrected chi connectivity index (χ4v) is 3.93. The van der Waals surface area contributed by atoms with Crippen LogP contribution in [0.5, 0.6) is 0 Å². The third-order valence-electron chi connectivity index (χ3n) is 5.41. The van der Waals surface area contributed by atoms with E-state index < -0.39 is 0 Å². The summed E-state index contributed by atoms with van der Waals surface area (Å²) in [4.78, 5) is 28.7. The summed E-state index contributed by atoms with van der Waals surface area (Å²) in [5, 5.41) is 3.46. The lowest BCUT2D eigenvalue weighted by Crippen LogP contribution is -2.21. The predicted octanol–water partition coefficient (Wildman–Crippen LogP) is 3.13. The molecule has 0 aliphatic carbocycles. The third-order valence-corrected chi connectivity index (χ3v) is 5.41. The number of hydrogen-bond donors (Lipinski definition) is 2. The summed E-state index contributed by atoms with van der Waals surface area (Å²) in [5.74, 6) is 2.56. The fraction of sp³-hybridized carbons (Fsp3) is 0.217. The zero-order valence-corrected chi connectivity index (χ0v) is 16.9. The number of nitrogens with zero attached hydrogens (tertiary/aromatic N) is 4. The van der Waals surface area contributed by atoms with Crippen molar-refractivity contribution in [1.82, 2.24) is 19.5 Å². The molecule has 3 aliphatic heterocycles. The van der Waals surface area contributed by atoms with Gasteiger partial charge in [-0.1, -0.05) is 30.3 Å². The Morgan fingerprint density at radius 1 is 1.10 bits per heavy atom. The van der Waals surface area contributed by atoms with Crippen LogP contribution in [0.25, 0.3) is 22.5 Å². The molecule has 0 fully saturated rings. The molecule has 3 aliphatic rings. The Balaban J connectivity index is 1.76. The molecule has 7 nitrogen and oxygen atoms in total. The molecule has 0 spiro atoms. The number of H-pyrrole nitrogens is 1. The molecule has 1 aromatic heterocycles. The second-order valence-electron chi connectivity index (χ2n) is 7.47. The van der Waals surface area contributed by atoms with Crippen LogP contribution in [0.4, 0.5) is 5.82 Å². The van der Waals surface area contributed by atoms with Crippen LogP contribution in [0.1, 0.15) is 24.4 Å². The van der Waals surface area contributed by atoms with Crippen molar-refractivity contribution < 1.29 is 0 Å². The molecule has 7 heteroatoms. The smallest absolute Gasteiger partial charge is 0.247 e. The van der Waals surface area contributed by atoms with Crippen LogP contribution >= 0.6 is 0 Å². The Kier molecular flexibility index (Phi) is 4.43. The zero-order valence-electron chi connectivity index (χ0n) is 16.9. The van der Waals surface area contributed by atoms with E-state index >= 15 is 0 Å². The molecule has 0 bridgehead atoms. The van der Waals surface area contributed by atoms with Gasteiger partial charge in [-0.25, -0.2) is 9.97 Å². The highest BCUT2D eigenvalue weighted by atomic mass is 16.1. The highest BCUT2D eigenvalue weighted by Crippen LogP contribution is 2.35. The molecular formula is C23H22N6O. The number of fused-ring (bicyclic) bond motifs is 3. The molecule has 4 heterocycles. The van der Waals surface area contributed by atoms with E-state index in [2.05, 4.69) is 45.0 Å². The van der Waals surface area contributed by atoms with Gasteiger partial charge in [0.2, 0.25) is 5.56 Å². The van der Waals surface area contributed by atoms with E-state index in [9.17, 15) is 4.79 Å². The molecule has 30 heavy (non-hydrogen) atoms. The van der Waals surface area contributed by atoms with Crippen molar-refractivity contribution in [3.8, 4) is 22.5 Å². The summed E-state index contributed by atoms with van der Waals surface area (Å²) in [7, 11) is 0. The lowest BCUT2D eigenvalue weighted by molar-refractivity contribution is 0.749. The van der Waals surface area contributed by atoms with Gasteiger partial charge in [0.15, 0.2) is 5.49 Å². The first-order valence-corrected chi connectivity index (χ1v) is 10.0. The molecular weight excluding hydrogens is 376 g/mol. The number of hydrogen-bond acceptors (Lipinski definition) is 5. The quantitative estimate of drug-likeness (QED) is 0.555. The normalized spacial score (nSPS) is 14.5. The topological polar surface area (TPSA) is 88.0 Å². The van der Waals surface area contributed by atoms with Crippen molar-refractivity contribution >= 4 is 5.82 Å². The minimum Gasteiger partial charge on any atom is -0.369 e. The number of rotatable bonds is 3. The van der Waals surface area contributed by atoms with Crippen LogP contribution in [0, 0.1) is 6.92 Å².